The number of nitrogens with zero attached hydrogens (tertiary/aromatic N) is 2. The van der Waals surface area contributed by atoms with Gasteiger partial charge in [-0.1, -0.05) is 12.1 Å². The number of rotatable bonds is 5. The summed E-state index contributed by atoms with van der Waals surface area (Å²) >= 11 is 0. The summed E-state index contributed by atoms with van der Waals surface area (Å²) in [6.07, 6.45) is 3.23. The highest BCUT2D eigenvalue weighted by Gasteiger charge is 2.29. The lowest BCUT2D eigenvalue weighted by Gasteiger charge is -2.33. The summed E-state index contributed by atoms with van der Waals surface area (Å²) in [5.74, 6) is 0.0433. The van der Waals surface area contributed by atoms with Crippen LogP contribution in [-0.4, -0.2) is 39.2 Å². The van der Waals surface area contributed by atoms with Crippen LogP contribution < -0.4 is 22.1 Å². The molecular weight excluding hydrogens is 332 g/mol. The van der Waals surface area contributed by atoms with Gasteiger partial charge in [0.15, 0.2) is 0 Å². The van der Waals surface area contributed by atoms with Crippen LogP contribution in [0.1, 0.15) is 35.2 Å². The fraction of sp³-hybridized carbons (Fsp3) is 0.389. The Morgan fingerprint density at radius 1 is 1.35 bits per heavy atom. The quantitative estimate of drug-likeness (QED) is 0.544. The first-order valence-corrected chi connectivity index (χ1v) is 8.65. The molecule has 1 fully saturated rings. The fourth-order valence-corrected chi connectivity index (χ4v) is 3.12. The van der Waals surface area contributed by atoms with Gasteiger partial charge in [-0.3, -0.25) is 4.79 Å². The molecule has 3 atom stereocenters. The Labute approximate surface area is 152 Å². The molecule has 1 aliphatic rings. The van der Waals surface area contributed by atoms with E-state index in [1.807, 2.05) is 31.2 Å². The van der Waals surface area contributed by atoms with Crippen molar-refractivity contribution in [2.45, 2.75) is 44.4 Å². The number of amides is 1. The molecule has 1 saturated carbocycles. The molecule has 0 saturated heterocycles. The van der Waals surface area contributed by atoms with E-state index < -0.39 is 18.1 Å². The van der Waals surface area contributed by atoms with E-state index in [1.54, 1.807) is 0 Å². The first-order valence-electron chi connectivity index (χ1n) is 8.65. The Balaban J connectivity index is 1.85. The zero-order valence-electron chi connectivity index (χ0n) is 14.6. The lowest BCUT2D eigenvalue weighted by atomic mass is 9.88. The Morgan fingerprint density at radius 3 is 2.88 bits per heavy atom. The van der Waals surface area contributed by atoms with E-state index in [1.165, 1.54) is 6.20 Å². The fourth-order valence-electron chi connectivity index (χ4n) is 3.12. The molecule has 1 aromatic carbocycles. The Hall–Kier alpha value is -2.71. The highest BCUT2D eigenvalue weighted by molar-refractivity contribution is 5.98. The van der Waals surface area contributed by atoms with Gasteiger partial charge in [-0.05, 0) is 43.9 Å². The second-order valence-corrected chi connectivity index (χ2v) is 6.64. The third kappa shape index (κ3) is 4.09. The minimum atomic E-state index is -0.614. The molecule has 0 bridgehead atoms. The Bertz CT molecular complexity index is 797. The van der Waals surface area contributed by atoms with Crippen molar-refractivity contribution in [2.24, 2.45) is 11.5 Å². The number of benzene rings is 1. The maximum Gasteiger partial charge on any atom is 0.254 e. The highest BCUT2D eigenvalue weighted by Crippen LogP contribution is 2.23. The summed E-state index contributed by atoms with van der Waals surface area (Å²) in [5, 5.41) is 16.2. The number of aliphatic hydroxyl groups is 1. The number of anilines is 3. The smallest absolute Gasteiger partial charge is 0.254 e. The van der Waals surface area contributed by atoms with Gasteiger partial charge in [0.2, 0.25) is 5.95 Å². The van der Waals surface area contributed by atoms with Crippen molar-refractivity contribution in [1.82, 2.24) is 9.97 Å². The molecular formula is C18H24N6O2. The van der Waals surface area contributed by atoms with Crippen molar-refractivity contribution in [3.8, 4) is 0 Å². The van der Waals surface area contributed by atoms with Crippen LogP contribution in [0.15, 0.2) is 30.5 Å². The van der Waals surface area contributed by atoms with Gasteiger partial charge in [0.05, 0.1) is 12.1 Å². The number of aromatic nitrogens is 2. The van der Waals surface area contributed by atoms with Gasteiger partial charge in [-0.15, -0.1) is 0 Å². The number of aryl methyl sites for hydroxylation is 1. The first-order chi connectivity index (χ1) is 12.4. The standard InChI is InChI=1S/C18H24N6O2/c1-10-4-2-5-11(8-10)22-17-12(16(20)26)9-21-18(24-17)23-13-6-3-7-14(25)15(13)19/h2,4-5,8-9,13-15,25H,3,6-7,19H2,1H3,(H2,20,26)(H2,21,22,23,24)/t13-,14+,15-/m1/s1. The van der Waals surface area contributed by atoms with E-state index in [4.69, 9.17) is 11.5 Å². The number of nitrogens with one attached hydrogen (secondary N) is 2. The zero-order chi connectivity index (χ0) is 18.7. The van der Waals surface area contributed by atoms with Crippen LogP contribution in [0.2, 0.25) is 0 Å². The van der Waals surface area contributed by atoms with E-state index >= 15 is 0 Å². The predicted octanol–water partition coefficient (Wildman–Crippen LogP) is 1.28. The van der Waals surface area contributed by atoms with E-state index in [2.05, 4.69) is 20.6 Å². The molecule has 3 rings (SSSR count). The van der Waals surface area contributed by atoms with Gasteiger partial charge in [-0.25, -0.2) is 4.98 Å². The minimum Gasteiger partial charge on any atom is -0.391 e. The van der Waals surface area contributed by atoms with Gasteiger partial charge in [0, 0.05) is 17.9 Å². The average Bonchev–Trinajstić information content (AvgIpc) is 2.59. The van der Waals surface area contributed by atoms with Crippen molar-refractivity contribution < 1.29 is 9.90 Å². The molecule has 1 aromatic heterocycles. The average molecular weight is 356 g/mol. The molecule has 8 heteroatoms. The van der Waals surface area contributed by atoms with Gasteiger partial charge in [-0.2, -0.15) is 4.98 Å². The molecule has 1 heterocycles. The molecule has 0 radical (unpaired) electrons. The van der Waals surface area contributed by atoms with E-state index in [9.17, 15) is 9.90 Å². The normalized spacial score (nSPS) is 22.7. The van der Waals surface area contributed by atoms with E-state index in [0.29, 0.717) is 18.2 Å². The molecule has 0 spiro atoms. The number of hydrogen-bond donors (Lipinski definition) is 5. The number of carbonyl (C=O) groups excluding carboxylic acids is 1. The van der Waals surface area contributed by atoms with Crippen molar-refractivity contribution in [3.63, 3.8) is 0 Å². The monoisotopic (exact) mass is 356 g/mol. The number of carbonyl (C=O) groups is 1. The van der Waals surface area contributed by atoms with Gasteiger partial charge < -0.3 is 27.2 Å². The summed E-state index contributed by atoms with van der Waals surface area (Å²) in [5.41, 5.74) is 13.6. The molecule has 8 nitrogen and oxygen atoms in total. The van der Waals surface area contributed by atoms with Crippen LogP contribution >= 0.6 is 0 Å². The molecule has 2 aromatic rings. The van der Waals surface area contributed by atoms with Gasteiger partial charge in [0.25, 0.3) is 5.91 Å². The van der Waals surface area contributed by atoms with Gasteiger partial charge in [0.1, 0.15) is 11.4 Å². The van der Waals surface area contributed by atoms with Crippen molar-refractivity contribution in [1.29, 1.82) is 0 Å². The lowest BCUT2D eigenvalue weighted by molar-refractivity contribution is 0.1000. The molecule has 7 N–H and O–H groups in total. The molecule has 1 amide bonds. The molecule has 1 aliphatic carbocycles. The molecule has 0 aliphatic heterocycles. The Kier molecular flexibility index (Phi) is 5.34. The lowest BCUT2D eigenvalue weighted by Crippen LogP contribution is -2.51. The van der Waals surface area contributed by atoms with Crippen molar-refractivity contribution >= 4 is 23.4 Å². The van der Waals surface area contributed by atoms with Crippen LogP contribution in [0.5, 0.6) is 0 Å². The molecule has 0 unspecified atom stereocenters. The maximum atomic E-state index is 11.7. The second-order valence-electron chi connectivity index (χ2n) is 6.64. The SMILES string of the molecule is Cc1cccc(Nc2nc(N[C@@H]3CCC[C@H](O)[C@@H]3N)ncc2C(N)=O)c1. The number of aliphatic hydroxyl groups excluding tert-OH is 1. The third-order valence-electron chi connectivity index (χ3n) is 4.57. The number of primary amides is 1. The largest absolute Gasteiger partial charge is 0.391 e. The highest BCUT2D eigenvalue weighted by atomic mass is 16.3. The van der Waals surface area contributed by atoms with Crippen LogP contribution in [0.3, 0.4) is 0 Å². The maximum absolute atomic E-state index is 11.7. The molecule has 138 valence electrons. The summed E-state index contributed by atoms with van der Waals surface area (Å²) in [6.45, 7) is 1.98. The number of nitrogens with two attached hydrogens (primary N) is 2. The van der Waals surface area contributed by atoms with Gasteiger partial charge >= 0.3 is 0 Å². The van der Waals surface area contributed by atoms with Crippen LogP contribution in [0.4, 0.5) is 17.5 Å². The summed E-state index contributed by atoms with van der Waals surface area (Å²) < 4.78 is 0. The predicted molar refractivity (Wildman–Crippen MR) is 100 cm³/mol. The molecule has 26 heavy (non-hydrogen) atoms. The van der Waals surface area contributed by atoms with Crippen LogP contribution in [-0.2, 0) is 0 Å². The van der Waals surface area contributed by atoms with Crippen molar-refractivity contribution in [2.75, 3.05) is 10.6 Å². The summed E-state index contributed by atoms with van der Waals surface area (Å²) in [6, 6.07) is 7.17. The van der Waals surface area contributed by atoms with Crippen molar-refractivity contribution in [3.05, 3.63) is 41.6 Å². The Morgan fingerprint density at radius 2 is 2.15 bits per heavy atom. The minimum absolute atomic E-state index is 0.134. The third-order valence-corrected chi connectivity index (χ3v) is 4.57. The number of hydrogen-bond acceptors (Lipinski definition) is 7. The second kappa shape index (κ2) is 7.67. The summed E-state index contributed by atoms with van der Waals surface area (Å²) in [4.78, 5) is 20.3. The van der Waals surface area contributed by atoms with E-state index in [0.717, 1.165) is 24.1 Å². The van der Waals surface area contributed by atoms with Crippen LogP contribution in [0, 0.1) is 6.92 Å². The van der Waals surface area contributed by atoms with Crippen LogP contribution in [0.25, 0.3) is 0 Å². The summed E-state index contributed by atoms with van der Waals surface area (Å²) in [7, 11) is 0. The van der Waals surface area contributed by atoms with E-state index in [-0.39, 0.29) is 11.6 Å². The topological polar surface area (TPSA) is 139 Å². The zero-order valence-corrected chi connectivity index (χ0v) is 14.6. The first kappa shape index (κ1) is 18.1.